The minimum atomic E-state index is 0. The van der Waals surface area contributed by atoms with Crippen LogP contribution in [0.1, 0.15) is 96.4 Å². The Morgan fingerprint density at radius 2 is 1.56 bits per heavy atom. The number of ketones is 1. The molecule has 0 spiro atoms. The minimum Gasteiger partial charge on any atom is -0.512 e. The number of hydrogen-bond acceptors (Lipinski definition) is 4. The van der Waals surface area contributed by atoms with Crippen LogP contribution in [-0.2, 0) is 43.2 Å². The smallest absolute Gasteiger partial charge is 0.162 e. The van der Waals surface area contributed by atoms with Crippen molar-refractivity contribution in [2.75, 3.05) is 0 Å². The molecule has 0 saturated heterocycles. The third-order valence-electron chi connectivity index (χ3n) is 9.03. The first-order valence-corrected chi connectivity index (χ1v) is 16.4. The standard InChI is InChI=1S/C27H25N2.C13H24O2.Ir/c1-17-9-11-22-19(13-17)10-12-23-25(28-16-29-26(22)23)20-14-18-7-5-6-8-21(18)24(15-20)27(2,3)4;1-5-10(6-2)12(14)9-13(15)11(7-3)8-4;/h5-9,11,13,15-16H,10,12H2,1-4H3;9-11,14H,5-8H2,1-4H3;/q-1;;/b;12-9-;. The van der Waals surface area contributed by atoms with Crippen molar-refractivity contribution in [1.82, 2.24) is 9.97 Å². The molecule has 45 heavy (non-hydrogen) atoms. The van der Waals surface area contributed by atoms with E-state index in [4.69, 9.17) is 4.98 Å². The van der Waals surface area contributed by atoms with Crippen LogP contribution >= 0.6 is 0 Å². The summed E-state index contributed by atoms with van der Waals surface area (Å²) < 4.78 is 0. The van der Waals surface area contributed by atoms with Crippen molar-refractivity contribution in [2.24, 2.45) is 11.8 Å². The molecule has 3 aromatic carbocycles. The summed E-state index contributed by atoms with van der Waals surface area (Å²) in [5.74, 6) is 0.547. The molecule has 241 valence electrons. The maximum atomic E-state index is 11.7. The Bertz CT molecular complexity index is 1640. The van der Waals surface area contributed by atoms with Crippen molar-refractivity contribution in [3.8, 4) is 22.5 Å². The average molecular weight is 782 g/mol. The molecule has 5 heteroatoms. The van der Waals surface area contributed by atoms with Crippen molar-refractivity contribution in [3.05, 3.63) is 95.0 Å². The summed E-state index contributed by atoms with van der Waals surface area (Å²) in [6, 6.07) is 21.2. The maximum Gasteiger partial charge on any atom is 0.162 e. The zero-order chi connectivity index (χ0) is 32.0. The van der Waals surface area contributed by atoms with E-state index in [2.05, 4.69) is 87.3 Å². The van der Waals surface area contributed by atoms with E-state index >= 15 is 0 Å². The monoisotopic (exact) mass is 782 g/mol. The van der Waals surface area contributed by atoms with Crippen LogP contribution in [0.15, 0.2) is 66.7 Å². The van der Waals surface area contributed by atoms with E-state index in [0.29, 0.717) is 0 Å². The van der Waals surface area contributed by atoms with Crippen LogP contribution in [0, 0.1) is 24.8 Å². The first kappa shape index (κ1) is 36.3. The third kappa shape index (κ3) is 8.37. The molecule has 1 heterocycles. The predicted octanol–water partition coefficient (Wildman–Crippen LogP) is 10.3. The van der Waals surface area contributed by atoms with Gasteiger partial charge in [-0.25, -0.2) is 4.98 Å². The Hall–Kier alpha value is -3.14. The van der Waals surface area contributed by atoms with E-state index < -0.39 is 0 Å². The Labute approximate surface area is 284 Å². The summed E-state index contributed by atoms with van der Waals surface area (Å²) in [6.07, 6.45) is 8.62. The van der Waals surface area contributed by atoms with E-state index in [0.717, 1.165) is 60.9 Å². The summed E-state index contributed by atoms with van der Waals surface area (Å²) in [4.78, 5) is 21.1. The number of allylic oxidation sites excluding steroid dienone is 2. The van der Waals surface area contributed by atoms with Crippen molar-refractivity contribution in [2.45, 2.75) is 99.3 Å². The van der Waals surface area contributed by atoms with Gasteiger partial charge in [0, 0.05) is 49.3 Å². The molecule has 0 unspecified atom stereocenters. The van der Waals surface area contributed by atoms with Crippen LogP contribution in [0.25, 0.3) is 33.3 Å². The van der Waals surface area contributed by atoms with Crippen LogP contribution in [-0.4, -0.2) is 20.9 Å². The van der Waals surface area contributed by atoms with Gasteiger partial charge >= 0.3 is 0 Å². The molecule has 0 amide bonds. The molecule has 0 atom stereocenters. The molecular formula is C40H49IrN2O2-. The Balaban J connectivity index is 0.000000297. The summed E-state index contributed by atoms with van der Waals surface area (Å²) in [7, 11) is 0. The van der Waals surface area contributed by atoms with Crippen molar-refractivity contribution < 1.29 is 30.0 Å². The van der Waals surface area contributed by atoms with Crippen LogP contribution in [0.5, 0.6) is 0 Å². The number of fused-ring (bicyclic) bond motifs is 4. The van der Waals surface area contributed by atoms with E-state index in [9.17, 15) is 9.90 Å². The number of carbonyl (C=O) groups excluding carboxylic acids is 1. The van der Waals surface area contributed by atoms with Gasteiger partial charge in [0.15, 0.2) is 5.78 Å². The van der Waals surface area contributed by atoms with Crippen LogP contribution in [0.4, 0.5) is 0 Å². The number of rotatable bonds is 8. The van der Waals surface area contributed by atoms with E-state index in [1.165, 1.54) is 39.3 Å². The zero-order valence-electron chi connectivity index (χ0n) is 28.3. The average Bonchev–Trinajstić information content (AvgIpc) is 3.01. The Morgan fingerprint density at radius 3 is 2.20 bits per heavy atom. The minimum absolute atomic E-state index is 0. The van der Waals surface area contributed by atoms with E-state index in [1.54, 1.807) is 6.33 Å². The fraction of sp³-hybridized carbons (Fsp3) is 0.425. The normalized spacial score (nSPS) is 12.7. The van der Waals surface area contributed by atoms with Gasteiger partial charge in [0.2, 0.25) is 0 Å². The van der Waals surface area contributed by atoms with Gasteiger partial charge in [0.1, 0.15) is 6.33 Å². The molecule has 1 aromatic heterocycles. The number of hydrogen-bond donors (Lipinski definition) is 1. The molecule has 5 rings (SSSR count). The topological polar surface area (TPSA) is 63.1 Å². The first-order chi connectivity index (χ1) is 21.0. The third-order valence-corrected chi connectivity index (χ3v) is 9.03. The second-order valence-electron chi connectivity index (χ2n) is 13.1. The fourth-order valence-corrected chi connectivity index (χ4v) is 6.29. The number of benzene rings is 3. The van der Waals surface area contributed by atoms with Gasteiger partial charge in [-0.15, -0.1) is 29.1 Å². The number of nitrogens with zero attached hydrogens (tertiary/aromatic N) is 2. The Kier molecular flexibility index (Phi) is 12.9. The molecule has 4 aromatic rings. The van der Waals surface area contributed by atoms with Crippen LogP contribution < -0.4 is 0 Å². The van der Waals surface area contributed by atoms with Gasteiger partial charge in [0.05, 0.1) is 11.5 Å². The van der Waals surface area contributed by atoms with Gasteiger partial charge in [-0.1, -0.05) is 101 Å². The quantitative estimate of drug-likeness (QED) is 0.110. The van der Waals surface area contributed by atoms with Gasteiger partial charge in [-0.05, 0) is 62.0 Å². The van der Waals surface area contributed by atoms with Crippen LogP contribution in [0.3, 0.4) is 0 Å². The number of aliphatic hydroxyl groups excluding tert-OH is 1. The van der Waals surface area contributed by atoms with E-state index in [1.807, 2.05) is 27.7 Å². The van der Waals surface area contributed by atoms with Crippen molar-refractivity contribution >= 4 is 16.6 Å². The largest absolute Gasteiger partial charge is 0.512 e. The fourth-order valence-electron chi connectivity index (χ4n) is 6.29. The predicted molar refractivity (Wildman–Crippen MR) is 184 cm³/mol. The van der Waals surface area contributed by atoms with Gasteiger partial charge in [-0.3, -0.25) is 9.78 Å². The second-order valence-corrected chi connectivity index (χ2v) is 13.1. The zero-order valence-corrected chi connectivity index (χ0v) is 30.6. The summed E-state index contributed by atoms with van der Waals surface area (Å²) >= 11 is 0. The molecule has 0 aliphatic heterocycles. The summed E-state index contributed by atoms with van der Waals surface area (Å²) in [5.41, 5.74) is 9.74. The molecule has 1 aliphatic carbocycles. The first-order valence-electron chi connectivity index (χ1n) is 16.4. The summed E-state index contributed by atoms with van der Waals surface area (Å²) in [5, 5.41) is 12.2. The molecule has 0 saturated carbocycles. The van der Waals surface area contributed by atoms with Crippen molar-refractivity contribution in [3.63, 3.8) is 0 Å². The molecular weight excluding hydrogens is 733 g/mol. The SMILES string of the molecule is CCC(CC)C(=O)/C=C(\O)C(CC)CC.Cc1ccc2c(c1)CCc1c(-c3[c-]c4ccccc4c(C(C)(C)C)c3)ncnc1-2.[Ir]. The molecule has 1 aliphatic rings. The maximum absolute atomic E-state index is 11.7. The number of aliphatic hydroxyl groups is 1. The Morgan fingerprint density at radius 1 is 0.911 bits per heavy atom. The van der Waals surface area contributed by atoms with Crippen LogP contribution in [0.2, 0.25) is 0 Å². The van der Waals surface area contributed by atoms with Gasteiger partial charge < -0.3 is 5.11 Å². The second kappa shape index (κ2) is 15.9. The molecule has 0 bridgehead atoms. The molecule has 1 N–H and O–H groups in total. The van der Waals surface area contributed by atoms with Gasteiger partial charge in [-0.2, -0.15) is 0 Å². The van der Waals surface area contributed by atoms with E-state index in [-0.39, 0.29) is 48.9 Å². The number of aryl methyl sites for hydroxylation is 2. The number of aromatic nitrogens is 2. The summed E-state index contributed by atoms with van der Waals surface area (Å²) in [6.45, 7) is 17.0. The number of carbonyl (C=O) groups is 1. The van der Waals surface area contributed by atoms with Gasteiger partial charge in [0.25, 0.3) is 0 Å². The van der Waals surface area contributed by atoms with Crippen molar-refractivity contribution in [1.29, 1.82) is 0 Å². The molecule has 1 radical (unpaired) electrons. The molecule has 0 fully saturated rings. The molecule has 4 nitrogen and oxygen atoms in total.